The van der Waals surface area contributed by atoms with Crippen molar-refractivity contribution in [2.75, 3.05) is 26.2 Å². The molecule has 1 atom stereocenters. The monoisotopic (exact) mass is 310 g/mol. The molecule has 0 saturated carbocycles. The molecule has 1 unspecified atom stereocenters. The Morgan fingerprint density at radius 3 is 2.67 bits per heavy atom. The molecular weight excluding hydrogens is 287 g/mol. The Bertz CT molecular complexity index is 474. The SMILES string of the molecule is CCCC(C(N)=S)N1CCN(Cc2cncc(F)c2)CC1. The molecule has 1 fully saturated rings. The van der Waals surface area contributed by atoms with Gasteiger partial charge in [0.25, 0.3) is 0 Å². The van der Waals surface area contributed by atoms with Crippen LogP contribution < -0.4 is 5.73 Å². The number of hydrogen-bond donors (Lipinski definition) is 1. The summed E-state index contributed by atoms with van der Waals surface area (Å²) >= 11 is 5.18. The number of halogens is 1. The van der Waals surface area contributed by atoms with Crippen LogP contribution >= 0.6 is 12.2 Å². The van der Waals surface area contributed by atoms with Crippen molar-refractivity contribution in [1.82, 2.24) is 14.8 Å². The highest BCUT2D eigenvalue weighted by molar-refractivity contribution is 7.80. The van der Waals surface area contributed by atoms with E-state index in [1.165, 1.54) is 6.20 Å². The van der Waals surface area contributed by atoms with Crippen LogP contribution in [0.15, 0.2) is 18.5 Å². The van der Waals surface area contributed by atoms with Crippen LogP contribution in [0.3, 0.4) is 0 Å². The van der Waals surface area contributed by atoms with Crippen molar-refractivity contribution in [3.05, 3.63) is 29.8 Å². The Balaban J connectivity index is 1.86. The molecule has 2 N–H and O–H groups in total. The van der Waals surface area contributed by atoms with Crippen LogP contribution in [-0.2, 0) is 6.54 Å². The average Bonchev–Trinajstić information content (AvgIpc) is 2.45. The fourth-order valence-corrected chi connectivity index (χ4v) is 3.08. The van der Waals surface area contributed by atoms with Crippen molar-refractivity contribution in [3.63, 3.8) is 0 Å². The van der Waals surface area contributed by atoms with Gasteiger partial charge in [-0.15, -0.1) is 0 Å². The minimum absolute atomic E-state index is 0.211. The molecule has 1 saturated heterocycles. The smallest absolute Gasteiger partial charge is 0.141 e. The number of rotatable bonds is 6. The van der Waals surface area contributed by atoms with Crippen LogP contribution in [0.5, 0.6) is 0 Å². The first-order chi connectivity index (χ1) is 10.1. The predicted molar refractivity (Wildman–Crippen MR) is 86.5 cm³/mol. The molecule has 1 aromatic heterocycles. The van der Waals surface area contributed by atoms with E-state index < -0.39 is 0 Å². The Morgan fingerprint density at radius 1 is 1.38 bits per heavy atom. The van der Waals surface area contributed by atoms with Crippen LogP contribution in [0.25, 0.3) is 0 Å². The highest BCUT2D eigenvalue weighted by Gasteiger charge is 2.24. The summed E-state index contributed by atoms with van der Waals surface area (Å²) in [7, 11) is 0. The summed E-state index contributed by atoms with van der Waals surface area (Å²) in [6, 6.07) is 1.76. The number of nitrogens with two attached hydrogens (primary N) is 1. The number of pyridine rings is 1. The number of hydrogen-bond acceptors (Lipinski definition) is 4. The van der Waals surface area contributed by atoms with Crippen molar-refractivity contribution in [1.29, 1.82) is 0 Å². The molecule has 1 aliphatic rings. The highest BCUT2D eigenvalue weighted by atomic mass is 32.1. The van der Waals surface area contributed by atoms with E-state index >= 15 is 0 Å². The first kappa shape index (κ1) is 16.3. The summed E-state index contributed by atoms with van der Waals surface area (Å²) in [5.74, 6) is -0.275. The lowest BCUT2D eigenvalue weighted by Gasteiger charge is -2.38. The molecule has 0 radical (unpaired) electrons. The molecule has 6 heteroatoms. The Labute approximate surface area is 131 Å². The molecule has 0 spiro atoms. The van der Waals surface area contributed by atoms with Gasteiger partial charge in [-0.3, -0.25) is 14.8 Å². The molecule has 1 aliphatic heterocycles. The maximum Gasteiger partial charge on any atom is 0.141 e. The van der Waals surface area contributed by atoms with Gasteiger partial charge in [0.1, 0.15) is 5.82 Å². The van der Waals surface area contributed by atoms with Crippen LogP contribution in [0, 0.1) is 5.82 Å². The lowest BCUT2D eigenvalue weighted by molar-refractivity contribution is 0.110. The molecule has 0 amide bonds. The van der Waals surface area contributed by atoms with E-state index in [4.69, 9.17) is 18.0 Å². The fourth-order valence-electron chi connectivity index (χ4n) is 2.81. The van der Waals surface area contributed by atoms with Gasteiger partial charge >= 0.3 is 0 Å². The molecule has 4 nitrogen and oxygen atoms in total. The number of nitrogens with zero attached hydrogens (tertiary/aromatic N) is 3. The standard InChI is InChI=1S/C15H23FN4S/c1-2-3-14(15(17)21)20-6-4-19(5-7-20)11-12-8-13(16)10-18-9-12/h8-10,14H,2-7,11H2,1H3,(H2,17,21). The van der Waals surface area contributed by atoms with E-state index in [2.05, 4.69) is 21.7 Å². The zero-order chi connectivity index (χ0) is 15.2. The van der Waals surface area contributed by atoms with E-state index in [0.29, 0.717) is 4.99 Å². The van der Waals surface area contributed by atoms with Gasteiger partial charge in [0.2, 0.25) is 0 Å². The average molecular weight is 310 g/mol. The number of aromatic nitrogens is 1. The van der Waals surface area contributed by atoms with Crippen LogP contribution in [0.2, 0.25) is 0 Å². The van der Waals surface area contributed by atoms with E-state index in [1.807, 2.05) is 0 Å². The minimum atomic E-state index is -0.275. The molecule has 116 valence electrons. The van der Waals surface area contributed by atoms with Crippen molar-refractivity contribution < 1.29 is 4.39 Å². The largest absolute Gasteiger partial charge is 0.392 e. The molecular formula is C15H23FN4S. The number of piperazine rings is 1. The molecule has 0 aromatic carbocycles. The quantitative estimate of drug-likeness (QED) is 0.812. The third-order valence-electron chi connectivity index (χ3n) is 3.91. The predicted octanol–water partition coefficient (Wildman–Crippen LogP) is 1.79. The molecule has 0 aliphatic carbocycles. The first-order valence-corrected chi connectivity index (χ1v) is 7.86. The molecule has 21 heavy (non-hydrogen) atoms. The summed E-state index contributed by atoms with van der Waals surface area (Å²) in [6.07, 6.45) is 5.06. The molecule has 0 bridgehead atoms. The first-order valence-electron chi connectivity index (χ1n) is 7.45. The van der Waals surface area contributed by atoms with Crippen molar-refractivity contribution in [2.45, 2.75) is 32.4 Å². The van der Waals surface area contributed by atoms with E-state index in [0.717, 1.165) is 51.1 Å². The zero-order valence-corrected chi connectivity index (χ0v) is 13.3. The van der Waals surface area contributed by atoms with Gasteiger partial charge in [0.15, 0.2) is 0 Å². The zero-order valence-electron chi connectivity index (χ0n) is 12.5. The van der Waals surface area contributed by atoms with Gasteiger partial charge in [-0.05, 0) is 18.1 Å². The van der Waals surface area contributed by atoms with E-state index in [9.17, 15) is 4.39 Å². The minimum Gasteiger partial charge on any atom is -0.392 e. The normalized spacial score (nSPS) is 18.6. The maximum atomic E-state index is 13.1. The second kappa shape index (κ2) is 7.77. The summed E-state index contributed by atoms with van der Waals surface area (Å²) < 4.78 is 13.1. The second-order valence-corrected chi connectivity index (χ2v) is 6.00. The van der Waals surface area contributed by atoms with E-state index in [1.54, 1.807) is 12.3 Å². The van der Waals surface area contributed by atoms with Crippen molar-refractivity contribution >= 4 is 17.2 Å². The van der Waals surface area contributed by atoms with Gasteiger partial charge < -0.3 is 5.73 Å². The molecule has 2 rings (SSSR count). The third kappa shape index (κ3) is 4.69. The van der Waals surface area contributed by atoms with Crippen LogP contribution in [0.4, 0.5) is 4.39 Å². The van der Waals surface area contributed by atoms with Gasteiger partial charge in [-0.25, -0.2) is 4.39 Å². The van der Waals surface area contributed by atoms with Crippen LogP contribution in [0.1, 0.15) is 25.3 Å². The maximum absolute atomic E-state index is 13.1. The van der Waals surface area contributed by atoms with Gasteiger partial charge in [0.05, 0.1) is 17.2 Å². The summed E-state index contributed by atoms with van der Waals surface area (Å²) in [6.45, 7) is 6.68. The van der Waals surface area contributed by atoms with Gasteiger partial charge in [0, 0.05) is 38.9 Å². The fraction of sp³-hybridized carbons (Fsp3) is 0.600. The Morgan fingerprint density at radius 2 is 2.10 bits per heavy atom. The topological polar surface area (TPSA) is 45.4 Å². The second-order valence-electron chi connectivity index (χ2n) is 5.53. The van der Waals surface area contributed by atoms with Gasteiger partial charge in [-0.2, -0.15) is 0 Å². The van der Waals surface area contributed by atoms with Crippen LogP contribution in [-0.4, -0.2) is 52.0 Å². The Hall–Kier alpha value is -1.11. The Kier molecular flexibility index (Phi) is 6.02. The lowest BCUT2D eigenvalue weighted by atomic mass is 10.1. The highest BCUT2D eigenvalue weighted by Crippen LogP contribution is 2.14. The number of thiocarbonyl (C=S) groups is 1. The van der Waals surface area contributed by atoms with Crippen molar-refractivity contribution in [3.8, 4) is 0 Å². The summed E-state index contributed by atoms with van der Waals surface area (Å²) in [4.78, 5) is 9.17. The third-order valence-corrected chi connectivity index (χ3v) is 4.18. The summed E-state index contributed by atoms with van der Waals surface area (Å²) in [5.41, 5.74) is 6.77. The summed E-state index contributed by atoms with van der Waals surface area (Å²) in [5, 5.41) is 0. The van der Waals surface area contributed by atoms with E-state index in [-0.39, 0.29) is 11.9 Å². The molecule has 1 aromatic rings. The van der Waals surface area contributed by atoms with Crippen molar-refractivity contribution in [2.24, 2.45) is 5.73 Å². The van der Waals surface area contributed by atoms with Gasteiger partial charge in [-0.1, -0.05) is 25.6 Å². The molecule has 2 heterocycles. The lowest BCUT2D eigenvalue weighted by Crippen LogP contribution is -2.53.